The number of nitrogens with one attached hydrogen (secondary N) is 2. The number of para-hydroxylation sites is 1. The number of cyclic esters (lactones) is 2. The maximum atomic E-state index is 14.6. The summed E-state index contributed by atoms with van der Waals surface area (Å²) < 4.78 is 72.2. The minimum Gasteiger partial charge on any atom is -0.507 e. The van der Waals surface area contributed by atoms with Gasteiger partial charge in [0.25, 0.3) is 11.9 Å². The van der Waals surface area contributed by atoms with Crippen LogP contribution < -0.4 is 10.6 Å². The molecule has 2 saturated heterocycles. The van der Waals surface area contributed by atoms with Crippen molar-refractivity contribution in [3.8, 4) is 5.75 Å². The molecule has 1 aromatic heterocycles. The Kier molecular flexibility index (Phi) is 9.49. The van der Waals surface area contributed by atoms with Crippen molar-refractivity contribution in [3.05, 3.63) is 58.9 Å². The molecule has 16 heteroatoms. The third kappa shape index (κ3) is 6.69. The summed E-state index contributed by atoms with van der Waals surface area (Å²) in [5.74, 6) is -15.0. The highest BCUT2D eigenvalue weighted by Gasteiger charge is 2.44. The second-order valence-corrected chi connectivity index (χ2v) is 10.2. The van der Waals surface area contributed by atoms with E-state index in [9.17, 15) is 47.0 Å². The van der Waals surface area contributed by atoms with Crippen LogP contribution in [0.3, 0.4) is 0 Å². The molecule has 4 N–H and O–H groups in total. The number of phenols is 1. The number of pyridine rings is 1. The Morgan fingerprint density at radius 3 is 2.33 bits per heavy atom. The number of amides is 2. The Labute approximate surface area is 241 Å². The first kappa shape index (κ1) is 31.6. The number of aromatic nitrogens is 1. The smallest absolute Gasteiger partial charge is 0.348 e. The summed E-state index contributed by atoms with van der Waals surface area (Å²) in [4.78, 5) is 55.2. The van der Waals surface area contributed by atoms with Crippen molar-refractivity contribution in [1.29, 1.82) is 0 Å². The van der Waals surface area contributed by atoms with E-state index >= 15 is 0 Å². The second kappa shape index (κ2) is 12.9. The van der Waals surface area contributed by atoms with E-state index in [2.05, 4.69) is 15.6 Å². The van der Waals surface area contributed by atoms with E-state index in [1.54, 1.807) is 0 Å². The summed E-state index contributed by atoms with van der Waals surface area (Å²) in [5, 5.41) is 25.7. The number of hydrogen-bond acceptors (Lipinski definition) is 10. The Morgan fingerprint density at radius 1 is 1.02 bits per heavy atom. The SMILES string of the molecule is C[C@H]1OC(=O)C(C2COC2)OC(=O)[C@H](C)[C@H](O)[C@H](Cc2c(F)nc(F)c(F)c2F)NC(=O)[C@H]1NC(=O)c1ccccc1O. The third-order valence-corrected chi connectivity index (χ3v) is 7.19. The van der Waals surface area contributed by atoms with Gasteiger partial charge in [-0.2, -0.15) is 18.2 Å². The number of phenolic OH excluding ortho intramolecular Hbond substituents is 1. The third-order valence-electron chi connectivity index (χ3n) is 7.19. The maximum absolute atomic E-state index is 14.6. The molecule has 2 amide bonds. The van der Waals surface area contributed by atoms with Crippen LogP contribution in [0.5, 0.6) is 5.75 Å². The van der Waals surface area contributed by atoms with Gasteiger partial charge in [0.05, 0.1) is 42.8 Å². The van der Waals surface area contributed by atoms with E-state index in [0.717, 1.165) is 6.92 Å². The standard InChI is InChI=1S/C27H27F4N3O9/c1-10-20(36)15(7-14-17(28)18(29)23(31)34-22(14)30)32-25(38)19(33-24(37)13-5-3-4-6-16(13)35)11(2)42-27(40)21(43-26(10)39)12-8-41-9-12/h3-6,10-12,15,19-21,35-36H,7-9H2,1-2H3,(H,32,38)(H,33,37)/t10-,11-,15+,19+,20+,21?/m1/s1. The Morgan fingerprint density at radius 2 is 1.70 bits per heavy atom. The number of benzene rings is 1. The molecule has 4 rings (SSSR count). The summed E-state index contributed by atoms with van der Waals surface area (Å²) in [5.41, 5.74) is -1.42. The molecule has 43 heavy (non-hydrogen) atoms. The predicted molar refractivity (Wildman–Crippen MR) is 134 cm³/mol. The van der Waals surface area contributed by atoms with Crippen molar-refractivity contribution in [3.63, 3.8) is 0 Å². The molecular weight excluding hydrogens is 586 g/mol. The number of aliphatic hydroxyl groups excluding tert-OH is 1. The van der Waals surface area contributed by atoms with Gasteiger partial charge in [0.1, 0.15) is 17.9 Å². The molecule has 3 heterocycles. The van der Waals surface area contributed by atoms with Crippen molar-refractivity contribution in [1.82, 2.24) is 15.6 Å². The van der Waals surface area contributed by atoms with Gasteiger partial charge in [-0.05, 0) is 26.0 Å². The number of carbonyl (C=O) groups excluding carboxylic acids is 4. The molecule has 2 aromatic rings. The lowest BCUT2D eigenvalue weighted by Crippen LogP contribution is -2.60. The van der Waals surface area contributed by atoms with Crippen molar-refractivity contribution in [2.24, 2.45) is 11.8 Å². The first-order valence-corrected chi connectivity index (χ1v) is 13.0. The Bertz CT molecular complexity index is 1420. The van der Waals surface area contributed by atoms with Gasteiger partial charge >= 0.3 is 11.9 Å². The van der Waals surface area contributed by atoms with Crippen molar-refractivity contribution in [2.45, 2.75) is 50.7 Å². The number of aliphatic hydroxyl groups is 1. The largest absolute Gasteiger partial charge is 0.507 e. The second-order valence-electron chi connectivity index (χ2n) is 10.2. The average molecular weight is 614 g/mol. The molecule has 1 aromatic carbocycles. The molecule has 0 bridgehead atoms. The highest BCUT2D eigenvalue weighted by atomic mass is 19.2. The Balaban J connectivity index is 1.73. The fourth-order valence-electron chi connectivity index (χ4n) is 4.52. The molecule has 2 fully saturated rings. The van der Waals surface area contributed by atoms with E-state index in [1.807, 2.05) is 0 Å². The molecule has 12 nitrogen and oxygen atoms in total. The lowest BCUT2D eigenvalue weighted by Gasteiger charge is -2.36. The number of ether oxygens (including phenoxy) is 3. The minimum absolute atomic E-state index is 0.0105. The van der Waals surface area contributed by atoms with Crippen molar-refractivity contribution in [2.75, 3.05) is 13.2 Å². The van der Waals surface area contributed by atoms with E-state index in [1.165, 1.54) is 31.2 Å². The molecule has 0 aliphatic carbocycles. The zero-order chi connectivity index (χ0) is 31.6. The van der Waals surface area contributed by atoms with E-state index in [-0.39, 0.29) is 18.8 Å². The molecule has 6 atom stereocenters. The van der Waals surface area contributed by atoms with E-state index in [4.69, 9.17) is 14.2 Å². The summed E-state index contributed by atoms with van der Waals surface area (Å²) >= 11 is 0. The molecule has 232 valence electrons. The van der Waals surface area contributed by atoms with Gasteiger partial charge in [-0.15, -0.1) is 0 Å². The first-order valence-electron chi connectivity index (χ1n) is 13.0. The summed E-state index contributed by atoms with van der Waals surface area (Å²) in [7, 11) is 0. The fraction of sp³-hybridized carbons (Fsp3) is 0.444. The topological polar surface area (TPSA) is 173 Å². The lowest BCUT2D eigenvalue weighted by atomic mass is 9.92. The molecule has 0 radical (unpaired) electrons. The normalized spacial score (nSPS) is 27.1. The zero-order valence-electron chi connectivity index (χ0n) is 22.7. The van der Waals surface area contributed by atoms with E-state index < -0.39 is 107 Å². The van der Waals surface area contributed by atoms with Crippen LogP contribution in [0, 0.1) is 35.4 Å². The number of nitrogens with zero attached hydrogens (tertiary/aromatic N) is 1. The molecule has 2 aliphatic heterocycles. The molecule has 2 aliphatic rings. The van der Waals surface area contributed by atoms with Gasteiger partial charge in [-0.25, -0.2) is 9.18 Å². The number of halogens is 4. The molecule has 0 saturated carbocycles. The van der Waals surface area contributed by atoms with Gasteiger partial charge in [0.15, 0.2) is 5.82 Å². The maximum Gasteiger partial charge on any atom is 0.348 e. The highest BCUT2D eigenvalue weighted by Crippen LogP contribution is 2.25. The molecule has 0 spiro atoms. The van der Waals surface area contributed by atoms with Gasteiger partial charge in [-0.1, -0.05) is 12.1 Å². The highest BCUT2D eigenvalue weighted by molar-refractivity contribution is 6.00. The van der Waals surface area contributed by atoms with Gasteiger partial charge in [0, 0.05) is 12.0 Å². The van der Waals surface area contributed by atoms with Crippen molar-refractivity contribution < 1.29 is 61.2 Å². The lowest BCUT2D eigenvalue weighted by molar-refractivity contribution is -0.192. The number of rotatable bonds is 5. The van der Waals surface area contributed by atoms with Crippen LogP contribution in [0.1, 0.15) is 29.8 Å². The van der Waals surface area contributed by atoms with E-state index in [0.29, 0.717) is 0 Å². The van der Waals surface area contributed by atoms with Crippen molar-refractivity contribution >= 4 is 23.8 Å². The number of hydrogen-bond donors (Lipinski definition) is 4. The monoisotopic (exact) mass is 613 g/mol. The Hall–Kier alpha value is -4.31. The number of esters is 2. The summed E-state index contributed by atoms with van der Waals surface area (Å²) in [6.07, 6.45) is -6.06. The zero-order valence-corrected chi connectivity index (χ0v) is 22.7. The first-order chi connectivity index (χ1) is 20.3. The summed E-state index contributed by atoms with van der Waals surface area (Å²) in [6.45, 7) is 2.36. The van der Waals surface area contributed by atoms with Crippen LogP contribution in [0.2, 0.25) is 0 Å². The van der Waals surface area contributed by atoms with Gasteiger partial charge in [0.2, 0.25) is 23.8 Å². The van der Waals surface area contributed by atoms with Crippen LogP contribution in [0.25, 0.3) is 0 Å². The quantitative estimate of drug-likeness (QED) is 0.213. The predicted octanol–water partition coefficient (Wildman–Crippen LogP) is 0.670. The number of carbonyl (C=O) groups is 4. The van der Waals surface area contributed by atoms with Gasteiger partial charge < -0.3 is 35.1 Å². The summed E-state index contributed by atoms with van der Waals surface area (Å²) in [6, 6.07) is 1.74. The average Bonchev–Trinajstić information content (AvgIpc) is 2.93. The number of aromatic hydroxyl groups is 1. The van der Waals surface area contributed by atoms with Crippen LogP contribution >= 0.6 is 0 Å². The van der Waals surface area contributed by atoms with Crippen LogP contribution in [0.4, 0.5) is 17.6 Å². The van der Waals surface area contributed by atoms with Crippen LogP contribution in [-0.4, -0.2) is 82.6 Å². The molecular formula is C27H27F4N3O9. The van der Waals surface area contributed by atoms with Crippen LogP contribution in [-0.2, 0) is 35.0 Å². The van der Waals surface area contributed by atoms with Gasteiger partial charge in [-0.3, -0.25) is 14.4 Å². The fourth-order valence-corrected chi connectivity index (χ4v) is 4.52. The minimum atomic E-state index is -2.11. The molecule has 1 unspecified atom stereocenters. The van der Waals surface area contributed by atoms with Crippen LogP contribution in [0.15, 0.2) is 24.3 Å².